The van der Waals surface area contributed by atoms with Gasteiger partial charge in [-0.25, -0.2) is 0 Å². The minimum atomic E-state index is 1.12. The Hall–Kier alpha value is -5.14. The highest BCUT2D eigenvalue weighted by Gasteiger charge is 2.13. The largest absolute Gasteiger partial charge is 0.311 e. The van der Waals surface area contributed by atoms with Crippen LogP contribution in [0.3, 0.4) is 0 Å². The number of nitrogens with zero attached hydrogens (tertiary/aromatic N) is 1. The molecule has 0 atom stereocenters. The molecule has 0 aliphatic heterocycles. The third-order valence-electron chi connectivity index (χ3n) is 7.16. The summed E-state index contributed by atoms with van der Waals surface area (Å²) < 4.78 is 0. The maximum absolute atomic E-state index is 2.32. The molecule has 6 aromatic carbocycles. The van der Waals surface area contributed by atoms with E-state index >= 15 is 0 Å². The Bertz CT molecular complexity index is 1640. The number of hydrogen-bond acceptors (Lipinski definition) is 1. The molecule has 0 spiro atoms. The Labute approximate surface area is 237 Å². The van der Waals surface area contributed by atoms with E-state index in [1.165, 1.54) is 33.4 Å². The molecule has 0 fully saturated rings. The highest BCUT2D eigenvalue weighted by molar-refractivity contribution is 5.91. The van der Waals surface area contributed by atoms with Gasteiger partial charge in [-0.15, -0.1) is 0 Å². The molecule has 0 saturated heterocycles. The maximum atomic E-state index is 2.32. The fourth-order valence-electron chi connectivity index (χ4n) is 5.03. The lowest BCUT2D eigenvalue weighted by molar-refractivity contribution is 1.27. The van der Waals surface area contributed by atoms with Crippen LogP contribution in [0.25, 0.3) is 22.8 Å². The fourth-order valence-corrected chi connectivity index (χ4v) is 5.03. The van der Waals surface area contributed by atoms with Crippen LogP contribution in [-0.4, -0.2) is 0 Å². The number of benzene rings is 6. The first-order valence-electron chi connectivity index (χ1n) is 13.7. The van der Waals surface area contributed by atoms with Crippen LogP contribution in [0.5, 0.6) is 0 Å². The van der Waals surface area contributed by atoms with Crippen molar-refractivity contribution >= 4 is 28.7 Å². The molecule has 0 aliphatic carbocycles. The molecule has 192 valence electrons. The molecule has 0 bridgehead atoms. The molecule has 0 saturated carbocycles. The molecule has 0 amide bonds. The molecule has 1 heteroatoms. The van der Waals surface area contributed by atoms with Gasteiger partial charge in [-0.1, -0.05) is 133 Å². The van der Waals surface area contributed by atoms with Crippen molar-refractivity contribution in [3.8, 4) is 11.1 Å². The van der Waals surface area contributed by atoms with Crippen molar-refractivity contribution < 1.29 is 0 Å². The van der Waals surface area contributed by atoms with E-state index in [1.54, 1.807) is 0 Å². The zero-order chi connectivity index (χ0) is 27.1. The van der Waals surface area contributed by atoms with Gasteiger partial charge in [-0.05, 0) is 82.8 Å². The summed E-state index contributed by atoms with van der Waals surface area (Å²) in [5.41, 5.74) is 11.8. The van der Waals surface area contributed by atoms with E-state index in [2.05, 4.69) is 182 Å². The highest BCUT2D eigenvalue weighted by atomic mass is 15.1. The van der Waals surface area contributed by atoms with Gasteiger partial charge in [0, 0.05) is 17.1 Å². The molecular weight excluding hydrogens is 482 g/mol. The summed E-state index contributed by atoms with van der Waals surface area (Å²) in [5, 5.41) is 0. The number of aryl methyl sites for hydroxylation is 1. The highest BCUT2D eigenvalue weighted by Crippen LogP contribution is 2.36. The quantitative estimate of drug-likeness (QED) is 0.192. The van der Waals surface area contributed by atoms with Gasteiger partial charge in [-0.3, -0.25) is 0 Å². The van der Waals surface area contributed by atoms with Crippen molar-refractivity contribution in [2.24, 2.45) is 0 Å². The zero-order valence-corrected chi connectivity index (χ0v) is 22.6. The SMILES string of the molecule is Cc1ccc(N(c2ccc(C=C(c3ccccc3)c3ccccc3)cc2)c2ccc(-c3ccccc3)cc2)cc1. The van der Waals surface area contributed by atoms with Crippen molar-refractivity contribution in [2.45, 2.75) is 6.92 Å². The standard InChI is InChI=1S/C39H31N/c1-30-17-23-36(24-18-30)40(38-27-21-33(22-28-38)32-11-5-2-6-12-32)37-25-19-31(20-26-37)29-39(34-13-7-3-8-14-34)35-15-9-4-10-16-35/h2-29H,1H3. The predicted molar refractivity (Wildman–Crippen MR) is 171 cm³/mol. The number of hydrogen-bond donors (Lipinski definition) is 0. The molecule has 0 N–H and O–H groups in total. The van der Waals surface area contributed by atoms with Gasteiger partial charge < -0.3 is 4.90 Å². The van der Waals surface area contributed by atoms with E-state index in [1.807, 2.05) is 0 Å². The van der Waals surface area contributed by atoms with E-state index in [9.17, 15) is 0 Å². The molecule has 1 nitrogen and oxygen atoms in total. The molecule has 40 heavy (non-hydrogen) atoms. The van der Waals surface area contributed by atoms with Crippen molar-refractivity contribution in [3.63, 3.8) is 0 Å². The first-order valence-corrected chi connectivity index (χ1v) is 13.7. The van der Waals surface area contributed by atoms with Crippen molar-refractivity contribution in [1.29, 1.82) is 0 Å². The third-order valence-corrected chi connectivity index (χ3v) is 7.16. The van der Waals surface area contributed by atoms with E-state index in [0.29, 0.717) is 0 Å². The van der Waals surface area contributed by atoms with Crippen LogP contribution >= 0.6 is 0 Å². The summed E-state index contributed by atoms with van der Waals surface area (Å²) in [5.74, 6) is 0. The average Bonchev–Trinajstić information content (AvgIpc) is 3.03. The normalized spacial score (nSPS) is 10.6. The Balaban J connectivity index is 1.37. The van der Waals surface area contributed by atoms with E-state index in [4.69, 9.17) is 0 Å². The second kappa shape index (κ2) is 11.7. The summed E-state index contributed by atoms with van der Waals surface area (Å²) in [6.07, 6.45) is 2.28. The monoisotopic (exact) mass is 513 g/mol. The first kappa shape index (κ1) is 25.2. The van der Waals surface area contributed by atoms with Gasteiger partial charge in [0.05, 0.1) is 0 Å². The molecule has 0 heterocycles. The Morgan fingerprint density at radius 2 is 0.825 bits per heavy atom. The Morgan fingerprint density at radius 1 is 0.425 bits per heavy atom. The summed E-state index contributed by atoms with van der Waals surface area (Å²) in [4.78, 5) is 2.32. The molecule has 0 radical (unpaired) electrons. The molecular formula is C39H31N. The second-order valence-corrected chi connectivity index (χ2v) is 9.97. The van der Waals surface area contributed by atoms with Gasteiger partial charge in [0.1, 0.15) is 0 Å². The van der Waals surface area contributed by atoms with Crippen LogP contribution in [0.1, 0.15) is 22.3 Å². The van der Waals surface area contributed by atoms with E-state index in [-0.39, 0.29) is 0 Å². The predicted octanol–water partition coefficient (Wildman–Crippen LogP) is 10.7. The fraction of sp³-hybridized carbons (Fsp3) is 0.0256. The van der Waals surface area contributed by atoms with Gasteiger partial charge in [-0.2, -0.15) is 0 Å². The minimum Gasteiger partial charge on any atom is -0.311 e. The number of rotatable bonds is 7. The van der Waals surface area contributed by atoms with Crippen LogP contribution in [0.15, 0.2) is 164 Å². The van der Waals surface area contributed by atoms with Crippen LogP contribution in [0.2, 0.25) is 0 Å². The lowest BCUT2D eigenvalue weighted by atomic mass is 9.95. The Kier molecular flexibility index (Phi) is 7.37. The number of anilines is 3. The molecule has 6 rings (SSSR count). The molecule has 0 aromatic heterocycles. The average molecular weight is 514 g/mol. The van der Waals surface area contributed by atoms with Crippen LogP contribution in [0, 0.1) is 6.92 Å². The van der Waals surface area contributed by atoms with Crippen molar-refractivity contribution in [1.82, 2.24) is 0 Å². The lowest BCUT2D eigenvalue weighted by Gasteiger charge is -2.26. The molecule has 0 unspecified atom stereocenters. The minimum absolute atomic E-state index is 1.12. The van der Waals surface area contributed by atoms with Gasteiger partial charge in [0.15, 0.2) is 0 Å². The maximum Gasteiger partial charge on any atom is 0.0462 e. The summed E-state index contributed by atoms with van der Waals surface area (Å²) >= 11 is 0. The van der Waals surface area contributed by atoms with Gasteiger partial charge in [0.25, 0.3) is 0 Å². The first-order chi connectivity index (χ1) is 19.7. The Morgan fingerprint density at radius 3 is 1.32 bits per heavy atom. The van der Waals surface area contributed by atoms with Crippen LogP contribution in [-0.2, 0) is 0 Å². The van der Waals surface area contributed by atoms with E-state index in [0.717, 1.165) is 22.6 Å². The van der Waals surface area contributed by atoms with Gasteiger partial charge in [0.2, 0.25) is 0 Å². The summed E-state index contributed by atoms with van der Waals surface area (Å²) in [6, 6.07) is 58.1. The summed E-state index contributed by atoms with van der Waals surface area (Å²) in [6.45, 7) is 2.13. The van der Waals surface area contributed by atoms with Crippen molar-refractivity contribution in [2.75, 3.05) is 4.90 Å². The van der Waals surface area contributed by atoms with Crippen LogP contribution < -0.4 is 4.90 Å². The topological polar surface area (TPSA) is 3.24 Å². The van der Waals surface area contributed by atoms with Crippen molar-refractivity contribution in [3.05, 3.63) is 186 Å². The van der Waals surface area contributed by atoms with Gasteiger partial charge >= 0.3 is 0 Å². The zero-order valence-electron chi connectivity index (χ0n) is 22.6. The lowest BCUT2D eigenvalue weighted by Crippen LogP contribution is -2.09. The molecule has 6 aromatic rings. The third kappa shape index (κ3) is 5.65. The summed E-state index contributed by atoms with van der Waals surface area (Å²) in [7, 11) is 0. The van der Waals surface area contributed by atoms with E-state index < -0.39 is 0 Å². The van der Waals surface area contributed by atoms with Crippen LogP contribution in [0.4, 0.5) is 17.1 Å². The second-order valence-electron chi connectivity index (χ2n) is 9.97. The molecule has 0 aliphatic rings. The smallest absolute Gasteiger partial charge is 0.0462 e.